The summed E-state index contributed by atoms with van der Waals surface area (Å²) in [6.45, 7) is 4.21. The van der Waals surface area contributed by atoms with Gasteiger partial charge in [0, 0.05) is 18.0 Å². The van der Waals surface area contributed by atoms with Crippen molar-refractivity contribution in [1.82, 2.24) is 4.31 Å². The normalized spacial score (nSPS) is 17.3. The van der Waals surface area contributed by atoms with Crippen LogP contribution in [0.3, 0.4) is 0 Å². The molecule has 1 saturated heterocycles. The summed E-state index contributed by atoms with van der Waals surface area (Å²) in [7, 11) is -2.29. The molecule has 1 unspecified atom stereocenters. The third-order valence-electron chi connectivity index (χ3n) is 6.04. The predicted octanol–water partition coefficient (Wildman–Crippen LogP) is 5.31. The number of sulfonamides is 1. The minimum absolute atomic E-state index is 0.0359. The Kier molecular flexibility index (Phi) is 7.12. The number of rotatable bonds is 7. The van der Waals surface area contributed by atoms with Gasteiger partial charge in [0.15, 0.2) is 5.60 Å². The van der Waals surface area contributed by atoms with Gasteiger partial charge in [-0.2, -0.15) is 4.31 Å². The molecule has 0 spiro atoms. The zero-order chi connectivity index (χ0) is 24.3. The number of methoxy groups -OCH3 is 1. The van der Waals surface area contributed by atoms with Gasteiger partial charge in [-0.3, -0.25) is 0 Å². The Balaban J connectivity index is 1.54. The highest BCUT2D eigenvalue weighted by Gasteiger charge is 2.33. The number of thiophene rings is 1. The van der Waals surface area contributed by atoms with E-state index < -0.39 is 21.6 Å². The number of esters is 1. The first-order valence-corrected chi connectivity index (χ1v) is 13.5. The Bertz CT molecular complexity index is 1250. The number of piperidine rings is 1. The standard InChI is InChI=1S/C26H29NO5S2/c1-26(2,25(28)31-3)32-22-11-4-8-19(16-22)21-10-6-14-27(18-21)34(29,30)23-12-5-9-20(17-23)24-13-7-15-33-24/h4-5,7-9,11-13,15-17,21H,6,10,14,18H2,1-3H3. The van der Waals surface area contributed by atoms with Crippen LogP contribution in [0.2, 0.25) is 0 Å². The summed E-state index contributed by atoms with van der Waals surface area (Å²) in [5.74, 6) is 0.128. The molecule has 34 heavy (non-hydrogen) atoms. The molecule has 1 aromatic heterocycles. The van der Waals surface area contributed by atoms with Crippen LogP contribution in [0, 0.1) is 0 Å². The number of benzene rings is 2. The maximum absolute atomic E-state index is 13.5. The van der Waals surface area contributed by atoms with E-state index in [0.29, 0.717) is 23.7 Å². The second kappa shape index (κ2) is 9.90. The van der Waals surface area contributed by atoms with Gasteiger partial charge >= 0.3 is 5.97 Å². The zero-order valence-electron chi connectivity index (χ0n) is 19.6. The van der Waals surface area contributed by atoms with Gasteiger partial charge in [-0.15, -0.1) is 11.3 Å². The SMILES string of the molecule is COC(=O)C(C)(C)Oc1cccc(C2CCCN(S(=O)(=O)c3cccc(-c4cccs4)c3)C2)c1. The van der Waals surface area contributed by atoms with Crippen LogP contribution in [0.1, 0.15) is 38.2 Å². The summed E-state index contributed by atoms with van der Waals surface area (Å²) in [6, 6.07) is 18.6. The second-order valence-corrected chi connectivity index (χ2v) is 11.8. The molecule has 1 aliphatic heterocycles. The van der Waals surface area contributed by atoms with Gasteiger partial charge in [0.25, 0.3) is 0 Å². The predicted molar refractivity (Wildman–Crippen MR) is 134 cm³/mol. The van der Waals surface area contributed by atoms with Crippen molar-refractivity contribution in [2.45, 2.75) is 43.1 Å². The molecule has 3 aromatic rings. The molecule has 4 rings (SSSR count). The Hall–Kier alpha value is -2.68. The lowest BCUT2D eigenvalue weighted by atomic mass is 9.91. The number of carbonyl (C=O) groups excluding carboxylic acids is 1. The van der Waals surface area contributed by atoms with Gasteiger partial charge in [0.2, 0.25) is 10.0 Å². The fourth-order valence-corrected chi connectivity index (χ4v) is 6.54. The van der Waals surface area contributed by atoms with E-state index in [4.69, 9.17) is 9.47 Å². The highest BCUT2D eigenvalue weighted by molar-refractivity contribution is 7.89. The van der Waals surface area contributed by atoms with Crippen molar-refractivity contribution < 1.29 is 22.7 Å². The lowest BCUT2D eigenvalue weighted by Gasteiger charge is -2.32. The zero-order valence-corrected chi connectivity index (χ0v) is 21.2. The molecule has 0 N–H and O–H groups in total. The molecule has 1 fully saturated rings. The quantitative estimate of drug-likeness (QED) is 0.412. The molecule has 0 amide bonds. The van der Waals surface area contributed by atoms with E-state index in [1.165, 1.54) is 7.11 Å². The first-order valence-electron chi connectivity index (χ1n) is 11.2. The molecule has 1 atom stereocenters. The lowest BCUT2D eigenvalue weighted by molar-refractivity contribution is -0.156. The van der Waals surface area contributed by atoms with E-state index in [0.717, 1.165) is 28.8 Å². The van der Waals surface area contributed by atoms with Gasteiger partial charge in [-0.1, -0.05) is 30.3 Å². The van der Waals surface area contributed by atoms with Gasteiger partial charge in [-0.05, 0) is 79.4 Å². The summed E-state index contributed by atoms with van der Waals surface area (Å²) in [5, 5.41) is 1.98. The largest absolute Gasteiger partial charge is 0.476 e. The molecule has 2 aromatic carbocycles. The van der Waals surface area contributed by atoms with Crippen molar-refractivity contribution >= 4 is 27.3 Å². The Morgan fingerprint density at radius 3 is 2.62 bits per heavy atom. The van der Waals surface area contributed by atoms with Crippen LogP contribution in [-0.2, 0) is 19.6 Å². The Morgan fingerprint density at radius 1 is 1.09 bits per heavy atom. The average Bonchev–Trinajstić information content (AvgIpc) is 3.39. The number of ether oxygens (including phenoxy) is 2. The fraction of sp³-hybridized carbons (Fsp3) is 0.346. The molecule has 0 bridgehead atoms. The van der Waals surface area contributed by atoms with Crippen LogP contribution in [0.5, 0.6) is 5.75 Å². The van der Waals surface area contributed by atoms with Gasteiger partial charge in [0.1, 0.15) is 5.75 Å². The first kappa shape index (κ1) is 24.4. The van der Waals surface area contributed by atoms with Gasteiger partial charge in [-0.25, -0.2) is 13.2 Å². The minimum Gasteiger partial charge on any atom is -0.476 e. The molecule has 1 aliphatic rings. The van der Waals surface area contributed by atoms with Crippen molar-refractivity contribution in [2.75, 3.05) is 20.2 Å². The summed E-state index contributed by atoms with van der Waals surface area (Å²) in [5.41, 5.74) is 0.774. The van der Waals surface area contributed by atoms with Crippen LogP contribution in [0.15, 0.2) is 70.9 Å². The number of nitrogens with zero attached hydrogens (tertiary/aromatic N) is 1. The molecule has 6 nitrogen and oxygen atoms in total. The molecule has 180 valence electrons. The van der Waals surface area contributed by atoms with E-state index >= 15 is 0 Å². The van der Waals surface area contributed by atoms with Crippen LogP contribution < -0.4 is 4.74 Å². The monoisotopic (exact) mass is 499 g/mol. The topological polar surface area (TPSA) is 72.9 Å². The first-order chi connectivity index (χ1) is 16.2. The summed E-state index contributed by atoms with van der Waals surface area (Å²) in [6.07, 6.45) is 1.65. The number of hydrogen-bond donors (Lipinski definition) is 0. The number of hydrogen-bond acceptors (Lipinski definition) is 6. The molecular formula is C26H29NO5S2. The highest BCUT2D eigenvalue weighted by atomic mass is 32.2. The lowest BCUT2D eigenvalue weighted by Crippen LogP contribution is -2.39. The van der Waals surface area contributed by atoms with Gasteiger partial charge < -0.3 is 9.47 Å². The van der Waals surface area contributed by atoms with Gasteiger partial charge in [0.05, 0.1) is 12.0 Å². The molecular weight excluding hydrogens is 470 g/mol. The van der Waals surface area contributed by atoms with E-state index in [2.05, 4.69) is 0 Å². The molecule has 0 aliphatic carbocycles. The van der Waals surface area contributed by atoms with Crippen LogP contribution in [0.4, 0.5) is 0 Å². The van der Waals surface area contributed by atoms with Crippen molar-refractivity contribution in [1.29, 1.82) is 0 Å². The van der Waals surface area contributed by atoms with E-state index in [-0.39, 0.29) is 5.92 Å². The van der Waals surface area contributed by atoms with E-state index in [1.807, 2.05) is 41.8 Å². The van der Waals surface area contributed by atoms with Crippen molar-refractivity contribution in [2.24, 2.45) is 0 Å². The van der Waals surface area contributed by atoms with Crippen molar-refractivity contribution in [3.8, 4) is 16.2 Å². The molecule has 0 saturated carbocycles. The van der Waals surface area contributed by atoms with Crippen LogP contribution in [-0.4, -0.2) is 44.5 Å². The maximum Gasteiger partial charge on any atom is 0.349 e. The van der Waals surface area contributed by atoms with E-state index in [1.54, 1.807) is 53.8 Å². The van der Waals surface area contributed by atoms with Crippen LogP contribution in [0.25, 0.3) is 10.4 Å². The Morgan fingerprint density at radius 2 is 1.88 bits per heavy atom. The minimum atomic E-state index is -3.62. The Labute approximate surface area is 205 Å². The molecule has 2 heterocycles. The second-order valence-electron chi connectivity index (χ2n) is 8.88. The number of carbonyl (C=O) groups is 1. The summed E-state index contributed by atoms with van der Waals surface area (Å²) in [4.78, 5) is 13.3. The van der Waals surface area contributed by atoms with Crippen molar-refractivity contribution in [3.05, 3.63) is 71.6 Å². The highest BCUT2D eigenvalue weighted by Crippen LogP contribution is 2.34. The third-order valence-corrected chi connectivity index (χ3v) is 8.82. The van der Waals surface area contributed by atoms with Crippen molar-refractivity contribution in [3.63, 3.8) is 0 Å². The molecule has 8 heteroatoms. The smallest absolute Gasteiger partial charge is 0.349 e. The summed E-state index contributed by atoms with van der Waals surface area (Å²) >= 11 is 1.59. The fourth-order valence-electron chi connectivity index (χ4n) is 4.25. The van der Waals surface area contributed by atoms with E-state index in [9.17, 15) is 13.2 Å². The van der Waals surface area contributed by atoms with Crippen LogP contribution >= 0.6 is 11.3 Å². The average molecular weight is 500 g/mol. The third kappa shape index (κ3) is 5.19. The molecule has 0 radical (unpaired) electrons. The summed E-state index contributed by atoms with van der Waals surface area (Å²) < 4.78 is 39.3. The maximum atomic E-state index is 13.5.